The van der Waals surface area contributed by atoms with Gasteiger partial charge in [0.1, 0.15) is 12.4 Å². The van der Waals surface area contributed by atoms with Crippen LogP contribution in [0.1, 0.15) is 11.1 Å². The maximum absolute atomic E-state index is 5.92. The lowest BCUT2D eigenvalue weighted by Crippen LogP contribution is -1.98. The minimum Gasteiger partial charge on any atom is -0.488 e. The minimum atomic E-state index is 0.269. The molecule has 20 heavy (non-hydrogen) atoms. The van der Waals surface area contributed by atoms with Gasteiger partial charge in [0.05, 0.1) is 0 Å². The molecule has 0 spiro atoms. The van der Waals surface area contributed by atoms with Crippen LogP contribution in [-0.2, 0) is 13.0 Å². The van der Waals surface area contributed by atoms with Crippen molar-refractivity contribution in [3.8, 4) is 17.2 Å². The van der Waals surface area contributed by atoms with Gasteiger partial charge in [0.2, 0.25) is 6.79 Å². The van der Waals surface area contributed by atoms with Gasteiger partial charge < -0.3 is 14.2 Å². The van der Waals surface area contributed by atoms with E-state index in [0.29, 0.717) is 6.61 Å². The number of fused-ring (bicyclic) bond motifs is 1. The molecule has 0 unspecified atom stereocenters. The lowest BCUT2D eigenvalue weighted by molar-refractivity contribution is 0.173. The predicted octanol–water partition coefficient (Wildman–Crippen LogP) is 3.72. The van der Waals surface area contributed by atoms with Crippen LogP contribution in [0, 0.1) is 0 Å². The molecule has 0 aliphatic carbocycles. The highest BCUT2D eigenvalue weighted by atomic mass is 16.7. The molecule has 0 fully saturated rings. The SMILES string of the molecule is C=CCc1cc2c(cc1OCc1ccccc1)OCO2. The molecule has 0 aromatic heterocycles. The highest BCUT2D eigenvalue weighted by Crippen LogP contribution is 2.38. The number of rotatable bonds is 5. The van der Waals surface area contributed by atoms with Crippen LogP contribution in [0.3, 0.4) is 0 Å². The van der Waals surface area contributed by atoms with Crippen molar-refractivity contribution in [2.45, 2.75) is 13.0 Å². The highest BCUT2D eigenvalue weighted by Gasteiger charge is 2.17. The maximum atomic E-state index is 5.92. The van der Waals surface area contributed by atoms with E-state index < -0.39 is 0 Å². The summed E-state index contributed by atoms with van der Waals surface area (Å²) in [6.07, 6.45) is 2.59. The van der Waals surface area contributed by atoms with E-state index in [9.17, 15) is 0 Å². The fraction of sp³-hybridized carbons (Fsp3) is 0.176. The summed E-state index contributed by atoms with van der Waals surface area (Å²) in [5, 5.41) is 0. The third-order valence-electron chi connectivity index (χ3n) is 3.16. The van der Waals surface area contributed by atoms with E-state index in [1.165, 1.54) is 0 Å². The molecule has 0 atom stereocenters. The molecule has 2 aromatic carbocycles. The normalized spacial score (nSPS) is 12.2. The first kappa shape index (κ1) is 12.6. The molecule has 0 radical (unpaired) electrons. The van der Waals surface area contributed by atoms with Crippen LogP contribution >= 0.6 is 0 Å². The van der Waals surface area contributed by atoms with Crippen molar-refractivity contribution < 1.29 is 14.2 Å². The summed E-state index contributed by atoms with van der Waals surface area (Å²) in [7, 11) is 0. The molecule has 1 aliphatic rings. The van der Waals surface area contributed by atoms with E-state index in [2.05, 4.69) is 6.58 Å². The summed E-state index contributed by atoms with van der Waals surface area (Å²) in [6, 6.07) is 13.9. The van der Waals surface area contributed by atoms with Gasteiger partial charge in [0, 0.05) is 11.6 Å². The summed E-state index contributed by atoms with van der Waals surface area (Å²) in [6.45, 7) is 4.58. The predicted molar refractivity (Wildman–Crippen MR) is 77.2 cm³/mol. The van der Waals surface area contributed by atoms with Crippen LogP contribution < -0.4 is 14.2 Å². The molecular weight excluding hydrogens is 252 g/mol. The van der Waals surface area contributed by atoms with Crippen molar-refractivity contribution in [3.63, 3.8) is 0 Å². The Bertz CT molecular complexity index is 605. The van der Waals surface area contributed by atoms with Crippen molar-refractivity contribution in [1.29, 1.82) is 0 Å². The molecule has 102 valence electrons. The number of ether oxygens (including phenoxy) is 3. The average Bonchev–Trinajstić information content (AvgIpc) is 2.93. The minimum absolute atomic E-state index is 0.269. The lowest BCUT2D eigenvalue weighted by Gasteiger charge is -2.11. The van der Waals surface area contributed by atoms with Crippen molar-refractivity contribution in [3.05, 3.63) is 66.2 Å². The first-order valence-corrected chi connectivity index (χ1v) is 6.57. The smallest absolute Gasteiger partial charge is 0.231 e. The second-order valence-corrected chi connectivity index (χ2v) is 4.58. The van der Waals surface area contributed by atoms with Gasteiger partial charge in [0.25, 0.3) is 0 Å². The Hall–Kier alpha value is -2.42. The van der Waals surface area contributed by atoms with Crippen molar-refractivity contribution in [1.82, 2.24) is 0 Å². The molecule has 0 N–H and O–H groups in total. The summed E-state index contributed by atoms with van der Waals surface area (Å²) in [5.74, 6) is 2.33. The van der Waals surface area contributed by atoms with Crippen molar-refractivity contribution in [2.75, 3.05) is 6.79 Å². The number of hydrogen-bond acceptors (Lipinski definition) is 3. The van der Waals surface area contributed by atoms with Crippen molar-refractivity contribution in [2.24, 2.45) is 0 Å². The molecule has 3 nitrogen and oxygen atoms in total. The second kappa shape index (κ2) is 5.70. The van der Waals surface area contributed by atoms with Crippen LogP contribution in [0.25, 0.3) is 0 Å². The van der Waals surface area contributed by atoms with E-state index in [-0.39, 0.29) is 6.79 Å². The Morgan fingerprint density at radius 3 is 2.60 bits per heavy atom. The van der Waals surface area contributed by atoms with Crippen molar-refractivity contribution >= 4 is 0 Å². The average molecular weight is 268 g/mol. The summed E-state index contributed by atoms with van der Waals surface area (Å²) < 4.78 is 16.7. The molecule has 3 heteroatoms. The largest absolute Gasteiger partial charge is 0.488 e. The fourth-order valence-corrected chi connectivity index (χ4v) is 2.15. The molecule has 0 saturated carbocycles. The summed E-state index contributed by atoms with van der Waals surface area (Å²) >= 11 is 0. The lowest BCUT2D eigenvalue weighted by atomic mass is 10.1. The van der Waals surface area contributed by atoms with Gasteiger partial charge in [-0.25, -0.2) is 0 Å². The van der Waals surface area contributed by atoms with Gasteiger partial charge in [0.15, 0.2) is 11.5 Å². The molecule has 2 aromatic rings. The third-order valence-corrected chi connectivity index (χ3v) is 3.16. The molecule has 3 rings (SSSR count). The van der Waals surface area contributed by atoms with Crippen LogP contribution in [0.5, 0.6) is 17.2 Å². The molecule has 0 amide bonds. The van der Waals surface area contributed by atoms with Crippen LogP contribution in [0.2, 0.25) is 0 Å². The van der Waals surface area contributed by atoms with Gasteiger partial charge in [-0.2, -0.15) is 0 Å². The Labute approximate surface area is 118 Å². The number of allylic oxidation sites excluding steroid dienone is 1. The van der Waals surface area contributed by atoms with Crippen LogP contribution in [0.4, 0.5) is 0 Å². The van der Waals surface area contributed by atoms with Gasteiger partial charge in [-0.1, -0.05) is 36.4 Å². The summed E-state index contributed by atoms with van der Waals surface area (Å²) in [4.78, 5) is 0. The van der Waals surface area contributed by atoms with Gasteiger partial charge in [-0.3, -0.25) is 0 Å². The zero-order valence-corrected chi connectivity index (χ0v) is 11.2. The first-order chi connectivity index (χ1) is 9.86. The monoisotopic (exact) mass is 268 g/mol. The number of hydrogen-bond donors (Lipinski definition) is 0. The quantitative estimate of drug-likeness (QED) is 0.773. The van der Waals surface area contributed by atoms with Crippen LogP contribution in [0.15, 0.2) is 55.1 Å². The first-order valence-electron chi connectivity index (χ1n) is 6.57. The summed E-state index contributed by atoms with van der Waals surface area (Å²) in [5.41, 5.74) is 2.19. The topological polar surface area (TPSA) is 27.7 Å². The van der Waals surface area contributed by atoms with E-state index in [4.69, 9.17) is 14.2 Å². The van der Waals surface area contributed by atoms with Crippen LogP contribution in [-0.4, -0.2) is 6.79 Å². The van der Waals surface area contributed by atoms with Gasteiger partial charge >= 0.3 is 0 Å². The Morgan fingerprint density at radius 2 is 1.85 bits per heavy atom. The number of benzene rings is 2. The zero-order valence-electron chi connectivity index (χ0n) is 11.2. The Balaban J connectivity index is 1.82. The van der Waals surface area contributed by atoms with Gasteiger partial charge in [-0.15, -0.1) is 6.58 Å². The standard InChI is InChI=1S/C17H16O3/c1-2-6-14-9-16-17(20-12-19-16)10-15(14)18-11-13-7-4-3-5-8-13/h2-5,7-10H,1,6,11-12H2. The molecule has 1 heterocycles. The molecule has 0 saturated heterocycles. The highest BCUT2D eigenvalue weighted by molar-refractivity contribution is 5.52. The fourth-order valence-electron chi connectivity index (χ4n) is 2.15. The zero-order chi connectivity index (χ0) is 13.8. The van der Waals surface area contributed by atoms with E-state index in [0.717, 1.165) is 34.8 Å². The van der Waals surface area contributed by atoms with E-state index in [1.54, 1.807) is 0 Å². The molecular formula is C17H16O3. The Kier molecular flexibility index (Phi) is 3.59. The Morgan fingerprint density at radius 1 is 1.10 bits per heavy atom. The molecule has 1 aliphatic heterocycles. The van der Waals surface area contributed by atoms with E-state index in [1.807, 2.05) is 48.5 Å². The van der Waals surface area contributed by atoms with Gasteiger partial charge in [-0.05, 0) is 18.1 Å². The molecule has 0 bridgehead atoms. The maximum Gasteiger partial charge on any atom is 0.231 e. The third kappa shape index (κ3) is 2.62. The second-order valence-electron chi connectivity index (χ2n) is 4.58. The van der Waals surface area contributed by atoms with E-state index >= 15 is 0 Å².